The number of aliphatic imine (C=N–C) groups is 1. The van der Waals surface area contributed by atoms with Gasteiger partial charge in [0.05, 0.1) is 5.69 Å². The van der Waals surface area contributed by atoms with E-state index >= 15 is 0 Å². The molecule has 0 amide bonds. The van der Waals surface area contributed by atoms with Gasteiger partial charge in [-0.05, 0) is 30.0 Å². The summed E-state index contributed by atoms with van der Waals surface area (Å²) in [4.78, 5) is 4.45. The van der Waals surface area contributed by atoms with Crippen molar-refractivity contribution in [2.45, 2.75) is 20.8 Å². The van der Waals surface area contributed by atoms with Gasteiger partial charge in [-0.3, -0.25) is 4.99 Å². The maximum absolute atomic E-state index is 13.5. The number of hydrogen-bond donors (Lipinski definition) is 1. The Morgan fingerprint density at radius 1 is 1.41 bits per heavy atom. The summed E-state index contributed by atoms with van der Waals surface area (Å²) in [6, 6.07) is 5.05. The van der Waals surface area contributed by atoms with Crippen LogP contribution in [0.3, 0.4) is 0 Å². The van der Waals surface area contributed by atoms with E-state index in [0.717, 1.165) is 23.0 Å². The Labute approximate surface area is 106 Å². The smallest absolute Gasteiger partial charge is 0.161 e. The van der Waals surface area contributed by atoms with Crippen LogP contribution < -0.4 is 5.32 Å². The van der Waals surface area contributed by atoms with E-state index in [9.17, 15) is 4.39 Å². The summed E-state index contributed by atoms with van der Waals surface area (Å²) in [6.45, 7) is 7.11. The molecule has 2 rings (SSSR count). The van der Waals surface area contributed by atoms with Crippen molar-refractivity contribution >= 4 is 22.6 Å². The first-order valence-corrected chi connectivity index (χ1v) is 6.65. The number of halogens is 1. The molecular formula is C13H17FN2S. The normalized spacial score (nSPS) is 18.7. The molecule has 0 bridgehead atoms. The van der Waals surface area contributed by atoms with Crippen LogP contribution in [0.5, 0.6) is 0 Å². The molecule has 1 aliphatic rings. The fraction of sp³-hybridized carbons (Fsp3) is 0.462. The molecule has 1 aromatic rings. The first-order chi connectivity index (χ1) is 7.96. The van der Waals surface area contributed by atoms with Crippen LogP contribution in [0.25, 0.3) is 0 Å². The average molecular weight is 252 g/mol. The second-order valence-electron chi connectivity index (χ2n) is 5.18. The van der Waals surface area contributed by atoms with Gasteiger partial charge in [0, 0.05) is 12.3 Å². The number of thioether (sulfide) groups is 1. The molecule has 1 heterocycles. The lowest BCUT2D eigenvalue weighted by atomic mass is 9.97. The van der Waals surface area contributed by atoms with Gasteiger partial charge in [-0.1, -0.05) is 31.7 Å². The number of aryl methyl sites for hydroxylation is 1. The number of benzene rings is 1. The first-order valence-electron chi connectivity index (χ1n) is 5.67. The van der Waals surface area contributed by atoms with E-state index < -0.39 is 0 Å². The highest BCUT2D eigenvalue weighted by molar-refractivity contribution is 8.14. The Kier molecular flexibility index (Phi) is 3.43. The van der Waals surface area contributed by atoms with Crippen molar-refractivity contribution in [2.24, 2.45) is 10.4 Å². The highest BCUT2D eigenvalue weighted by Gasteiger charge is 2.23. The summed E-state index contributed by atoms with van der Waals surface area (Å²) < 4.78 is 13.5. The molecule has 1 aliphatic heterocycles. The third kappa shape index (κ3) is 3.22. The summed E-state index contributed by atoms with van der Waals surface area (Å²) >= 11 is 1.65. The van der Waals surface area contributed by atoms with Gasteiger partial charge in [-0.25, -0.2) is 4.39 Å². The quantitative estimate of drug-likeness (QED) is 0.824. The molecule has 92 valence electrons. The van der Waals surface area contributed by atoms with Crippen LogP contribution in [-0.4, -0.2) is 17.5 Å². The minimum atomic E-state index is -0.233. The lowest BCUT2D eigenvalue weighted by Crippen LogP contribution is -2.27. The summed E-state index contributed by atoms with van der Waals surface area (Å²) in [5, 5.41) is 3.88. The van der Waals surface area contributed by atoms with Crippen LogP contribution in [0.1, 0.15) is 19.4 Å². The van der Waals surface area contributed by atoms with Gasteiger partial charge in [0.25, 0.3) is 0 Å². The van der Waals surface area contributed by atoms with Crippen molar-refractivity contribution in [3.05, 3.63) is 29.6 Å². The van der Waals surface area contributed by atoms with Gasteiger partial charge in [-0.15, -0.1) is 0 Å². The molecule has 0 aromatic heterocycles. The minimum absolute atomic E-state index is 0.233. The van der Waals surface area contributed by atoms with E-state index in [1.54, 1.807) is 23.9 Å². The van der Waals surface area contributed by atoms with E-state index in [2.05, 4.69) is 24.2 Å². The summed E-state index contributed by atoms with van der Waals surface area (Å²) in [5.41, 5.74) is 1.78. The third-order valence-corrected chi connectivity index (χ3v) is 4.04. The second kappa shape index (κ2) is 4.69. The maximum Gasteiger partial charge on any atom is 0.161 e. The van der Waals surface area contributed by atoms with Crippen molar-refractivity contribution in [3.63, 3.8) is 0 Å². The number of hydrogen-bond acceptors (Lipinski definition) is 3. The Bertz CT molecular complexity index is 455. The predicted octanol–water partition coefficient (Wildman–Crippen LogP) is 3.68. The van der Waals surface area contributed by atoms with Crippen molar-refractivity contribution < 1.29 is 4.39 Å². The van der Waals surface area contributed by atoms with Crippen LogP contribution in [0.15, 0.2) is 23.2 Å². The third-order valence-electron chi connectivity index (χ3n) is 2.61. The molecule has 0 saturated carbocycles. The SMILES string of the molecule is Cc1ccc(F)c(NC2=NCC(C)(C)CS2)c1. The molecule has 1 aromatic carbocycles. The molecular weight excluding hydrogens is 235 g/mol. The Hall–Kier alpha value is -1.03. The zero-order valence-corrected chi connectivity index (χ0v) is 11.2. The molecule has 2 nitrogen and oxygen atoms in total. The summed E-state index contributed by atoms with van der Waals surface area (Å²) in [7, 11) is 0. The number of nitrogens with one attached hydrogen (secondary N) is 1. The van der Waals surface area contributed by atoms with Crippen LogP contribution in [0, 0.1) is 18.2 Å². The van der Waals surface area contributed by atoms with Crippen molar-refractivity contribution in [1.29, 1.82) is 0 Å². The standard InChI is InChI=1S/C13H17FN2S/c1-9-4-5-10(14)11(6-9)16-12-15-7-13(2,3)8-17-12/h4-6H,7-8H2,1-3H3,(H,15,16). The van der Waals surface area contributed by atoms with Crippen molar-refractivity contribution in [2.75, 3.05) is 17.6 Å². The van der Waals surface area contributed by atoms with Crippen LogP contribution >= 0.6 is 11.8 Å². The van der Waals surface area contributed by atoms with Gasteiger partial charge >= 0.3 is 0 Å². The van der Waals surface area contributed by atoms with Gasteiger partial charge in [-0.2, -0.15) is 0 Å². The number of nitrogens with zero attached hydrogens (tertiary/aromatic N) is 1. The maximum atomic E-state index is 13.5. The molecule has 4 heteroatoms. The molecule has 0 aliphatic carbocycles. The molecule has 0 unspecified atom stereocenters. The topological polar surface area (TPSA) is 24.4 Å². The molecule has 0 spiro atoms. The second-order valence-corrected chi connectivity index (χ2v) is 6.15. The molecule has 0 fully saturated rings. The highest BCUT2D eigenvalue weighted by Crippen LogP contribution is 2.29. The molecule has 0 saturated heterocycles. The molecule has 1 N–H and O–H groups in total. The molecule has 0 radical (unpaired) electrons. The minimum Gasteiger partial charge on any atom is -0.333 e. The Morgan fingerprint density at radius 2 is 2.18 bits per heavy atom. The van der Waals surface area contributed by atoms with E-state index in [0.29, 0.717) is 5.69 Å². The van der Waals surface area contributed by atoms with Crippen molar-refractivity contribution in [1.82, 2.24) is 0 Å². The summed E-state index contributed by atoms with van der Waals surface area (Å²) in [6.07, 6.45) is 0. The van der Waals surface area contributed by atoms with Crippen LogP contribution in [0.4, 0.5) is 10.1 Å². The van der Waals surface area contributed by atoms with Crippen LogP contribution in [-0.2, 0) is 0 Å². The van der Waals surface area contributed by atoms with Gasteiger partial charge in [0.2, 0.25) is 0 Å². The first kappa shape index (κ1) is 12.4. The molecule has 0 atom stereocenters. The van der Waals surface area contributed by atoms with Gasteiger partial charge < -0.3 is 5.32 Å². The van der Waals surface area contributed by atoms with Crippen LogP contribution in [0.2, 0.25) is 0 Å². The fourth-order valence-corrected chi connectivity index (χ4v) is 2.52. The van der Waals surface area contributed by atoms with E-state index in [1.165, 1.54) is 6.07 Å². The Morgan fingerprint density at radius 3 is 2.82 bits per heavy atom. The average Bonchev–Trinajstić information content (AvgIpc) is 2.26. The predicted molar refractivity (Wildman–Crippen MR) is 73.3 cm³/mol. The zero-order chi connectivity index (χ0) is 12.5. The van der Waals surface area contributed by atoms with E-state index in [-0.39, 0.29) is 11.2 Å². The lowest BCUT2D eigenvalue weighted by Gasteiger charge is -2.27. The zero-order valence-electron chi connectivity index (χ0n) is 10.4. The highest BCUT2D eigenvalue weighted by atomic mass is 32.2. The number of rotatable bonds is 1. The number of amidine groups is 1. The van der Waals surface area contributed by atoms with E-state index in [1.807, 2.05) is 6.92 Å². The lowest BCUT2D eigenvalue weighted by molar-refractivity contribution is 0.438. The number of anilines is 1. The van der Waals surface area contributed by atoms with Crippen molar-refractivity contribution in [3.8, 4) is 0 Å². The largest absolute Gasteiger partial charge is 0.333 e. The monoisotopic (exact) mass is 252 g/mol. The Balaban J connectivity index is 2.12. The van der Waals surface area contributed by atoms with Gasteiger partial charge in [0.15, 0.2) is 5.17 Å². The summed E-state index contributed by atoms with van der Waals surface area (Å²) in [5.74, 6) is 0.774. The van der Waals surface area contributed by atoms with Gasteiger partial charge in [0.1, 0.15) is 5.82 Å². The van der Waals surface area contributed by atoms with E-state index in [4.69, 9.17) is 0 Å². The fourth-order valence-electron chi connectivity index (χ4n) is 1.57. The molecule has 17 heavy (non-hydrogen) atoms.